The zero-order valence-electron chi connectivity index (χ0n) is 9.22. The second-order valence-electron chi connectivity index (χ2n) is 3.43. The maximum absolute atomic E-state index is 11.5. The first kappa shape index (κ1) is 15.8. The van der Waals surface area contributed by atoms with E-state index in [1.54, 1.807) is 6.92 Å². The minimum Gasteiger partial charge on any atom is -0.329 e. The Kier molecular flexibility index (Phi) is 6.41. The van der Waals surface area contributed by atoms with Gasteiger partial charge in [0.25, 0.3) is 0 Å². The van der Waals surface area contributed by atoms with Crippen LogP contribution in [0.5, 0.6) is 0 Å². The second kappa shape index (κ2) is 6.50. The number of hydrogen-bond acceptors (Lipinski definition) is 5. The van der Waals surface area contributed by atoms with E-state index in [9.17, 15) is 16.8 Å². The lowest BCUT2D eigenvalue weighted by Crippen LogP contribution is -2.39. The molecule has 0 aromatic heterocycles. The van der Waals surface area contributed by atoms with Crippen LogP contribution in [-0.2, 0) is 20.0 Å². The van der Waals surface area contributed by atoms with Gasteiger partial charge in [-0.3, -0.25) is 0 Å². The molecule has 9 heteroatoms. The summed E-state index contributed by atoms with van der Waals surface area (Å²) in [7, 11) is -6.98. The monoisotopic (exact) mass is 273 g/mol. The van der Waals surface area contributed by atoms with Gasteiger partial charge in [-0.1, -0.05) is 6.92 Å². The highest BCUT2D eigenvalue weighted by Crippen LogP contribution is 2.02. The lowest BCUT2D eigenvalue weighted by atomic mass is 10.3. The highest BCUT2D eigenvalue weighted by Gasteiger charge is 2.21. The fourth-order valence-electron chi connectivity index (χ4n) is 1.12. The van der Waals surface area contributed by atoms with Crippen molar-refractivity contribution in [1.82, 2.24) is 4.72 Å². The Balaban J connectivity index is 4.11. The third-order valence-electron chi connectivity index (χ3n) is 2.07. The SMILES string of the molecule is CCC(CN)S(=O)(=O)NCCCS(N)(=O)=O. The van der Waals surface area contributed by atoms with Crippen LogP contribution in [0.3, 0.4) is 0 Å². The van der Waals surface area contributed by atoms with E-state index in [2.05, 4.69) is 4.72 Å². The van der Waals surface area contributed by atoms with E-state index < -0.39 is 25.3 Å². The summed E-state index contributed by atoms with van der Waals surface area (Å²) in [4.78, 5) is 0. The van der Waals surface area contributed by atoms with Crippen molar-refractivity contribution in [2.75, 3.05) is 18.8 Å². The van der Waals surface area contributed by atoms with E-state index in [0.717, 1.165) is 0 Å². The molecule has 0 spiro atoms. The molecule has 0 aliphatic carbocycles. The Labute approximate surface area is 96.7 Å². The van der Waals surface area contributed by atoms with Gasteiger partial charge in [-0.2, -0.15) is 0 Å². The number of nitrogens with two attached hydrogens (primary N) is 2. The van der Waals surface area contributed by atoms with Crippen LogP contribution in [0.4, 0.5) is 0 Å². The number of hydrogen-bond donors (Lipinski definition) is 3. The average Bonchev–Trinajstić information content (AvgIpc) is 2.12. The molecule has 16 heavy (non-hydrogen) atoms. The van der Waals surface area contributed by atoms with Gasteiger partial charge >= 0.3 is 0 Å². The Morgan fingerprint density at radius 2 is 1.81 bits per heavy atom. The van der Waals surface area contributed by atoms with Crippen molar-refractivity contribution < 1.29 is 16.8 Å². The van der Waals surface area contributed by atoms with E-state index in [1.807, 2.05) is 0 Å². The summed E-state index contributed by atoms with van der Waals surface area (Å²) in [5, 5.41) is 4.14. The molecule has 0 fully saturated rings. The largest absolute Gasteiger partial charge is 0.329 e. The zero-order valence-corrected chi connectivity index (χ0v) is 10.9. The quantitative estimate of drug-likeness (QED) is 0.454. The lowest BCUT2D eigenvalue weighted by molar-refractivity contribution is 0.558. The zero-order chi connectivity index (χ0) is 12.8. The van der Waals surface area contributed by atoms with Gasteiger partial charge in [-0.05, 0) is 12.8 Å². The molecule has 0 aliphatic heterocycles. The van der Waals surface area contributed by atoms with Gasteiger partial charge < -0.3 is 5.73 Å². The normalized spacial score (nSPS) is 14.9. The molecule has 1 unspecified atom stereocenters. The molecule has 98 valence electrons. The summed E-state index contributed by atoms with van der Waals surface area (Å²) < 4.78 is 46.6. The van der Waals surface area contributed by atoms with E-state index in [-0.39, 0.29) is 25.3 Å². The predicted molar refractivity (Wildman–Crippen MR) is 62.6 cm³/mol. The molecule has 0 saturated heterocycles. The molecule has 0 radical (unpaired) electrons. The third kappa shape index (κ3) is 6.38. The molecule has 0 bridgehead atoms. The Morgan fingerprint density at radius 3 is 2.19 bits per heavy atom. The van der Waals surface area contributed by atoms with Gasteiger partial charge in [0, 0.05) is 13.1 Å². The number of nitrogens with one attached hydrogen (secondary N) is 1. The maximum Gasteiger partial charge on any atom is 0.215 e. The highest BCUT2D eigenvalue weighted by molar-refractivity contribution is 7.90. The summed E-state index contributed by atoms with van der Waals surface area (Å²) in [5.74, 6) is -0.241. The van der Waals surface area contributed by atoms with Crippen molar-refractivity contribution in [1.29, 1.82) is 0 Å². The standard InChI is InChI=1S/C7H19N3O4S2/c1-2-7(6-8)16(13,14)10-4-3-5-15(9,11)12/h7,10H,2-6,8H2,1H3,(H2,9,11,12). The smallest absolute Gasteiger partial charge is 0.215 e. The fraction of sp³-hybridized carbons (Fsp3) is 1.00. The third-order valence-corrected chi connectivity index (χ3v) is 4.93. The molecule has 0 aromatic rings. The predicted octanol–water partition coefficient (Wildman–Crippen LogP) is -1.68. The first-order valence-corrected chi connectivity index (χ1v) is 8.18. The average molecular weight is 273 g/mol. The number of primary sulfonamides is 1. The molecular formula is C7H19N3O4S2. The molecule has 0 aliphatic rings. The lowest BCUT2D eigenvalue weighted by Gasteiger charge is -2.14. The number of rotatable bonds is 8. The highest BCUT2D eigenvalue weighted by atomic mass is 32.2. The summed E-state index contributed by atoms with van der Waals surface area (Å²) in [6, 6.07) is 0. The van der Waals surface area contributed by atoms with Gasteiger partial charge in [-0.25, -0.2) is 26.7 Å². The van der Waals surface area contributed by atoms with Crippen LogP contribution in [-0.4, -0.2) is 40.9 Å². The van der Waals surface area contributed by atoms with Crippen molar-refractivity contribution in [2.24, 2.45) is 10.9 Å². The van der Waals surface area contributed by atoms with Gasteiger partial charge in [0.05, 0.1) is 11.0 Å². The number of sulfonamides is 2. The van der Waals surface area contributed by atoms with E-state index in [1.165, 1.54) is 0 Å². The van der Waals surface area contributed by atoms with Gasteiger partial charge in [0.2, 0.25) is 20.0 Å². The molecule has 1 atom stereocenters. The van der Waals surface area contributed by atoms with Crippen molar-refractivity contribution in [3.63, 3.8) is 0 Å². The molecule has 0 heterocycles. The summed E-state index contributed by atoms with van der Waals surface area (Å²) >= 11 is 0. The minimum absolute atomic E-state index is 0.0427. The van der Waals surface area contributed by atoms with Crippen LogP contribution in [0, 0.1) is 0 Å². The molecule has 7 nitrogen and oxygen atoms in total. The molecule has 0 rings (SSSR count). The van der Waals surface area contributed by atoms with Crippen molar-refractivity contribution in [2.45, 2.75) is 25.0 Å². The molecular weight excluding hydrogens is 254 g/mol. The van der Waals surface area contributed by atoms with Crippen molar-refractivity contribution >= 4 is 20.0 Å². The van der Waals surface area contributed by atoms with Gasteiger partial charge in [-0.15, -0.1) is 0 Å². The van der Waals surface area contributed by atoms with E-state index in [0.29, 0.717) is 6.42 Å². The van der Waals surface area contributed by atoms with Crippen molar-refractivity contribution in [3.05, 3.63) is 0 Å². The topological polar surface area (TPSA) is 132 Å². The molecule has 0 saturated carbocycles. The Hall–Kier alpha value is -0.220. The van der Waals surface area contributed by atoms with Crippen LogP contribution >= 0.6 is 0 Å². The molecule has 0 amide bonds. The first-order valence-electron chi connectivity index (χ1n) is 4.92. The fourth-order valence-corrected chi connectivity index (χ4v) is 3.02. The van der Waals surface area contributed by atoms with Crippen LogP contribution in [0.1, 0.15) is 19.8 Å². The van der Waals surface area contributed by atoms with Gasteiger partial charge in [0.15, 0.2) is 0 Å². The van der Waals surface area contributed by atoms with Crippen LogP contribution in [0.2, 0.25) is 0 Å². The Bertz CT molecular complexity index is 386. The Morgan fingerprint density at radius 1 is 1.25 bits per heavy atom. The van der Waals surface area contributed by atoms with E-state index >= 15 is 0 Å². The van der Waals surface area contributed by atoms with Gasteiger partial charge in [0.1, 0.15) is 0 Å². The maximum atomic E-state index is 11.5. The van der Waals surface area contributed by atoms with Crippen LogP contribution < -0.4 is 15.6 Å². The van der Waals surface area contributed by atoms with E-state index in [4.69, 9.17) is 10.9 Å². The van der Waals surface area contributed by atoms with Crippen LogP contribution in [0.15, 0.2) is 0 Å². The molecule has 0 aromatic carbocycles. The second-order valence-corrected chi connectivity index (χ2v) is 7.21. The first-order chi connectivity index (χ1) is 7.23. The summed E-state index contributed by atoms with van der Waals surface area (Å²) in [6.07, 6.45) is 0.570. The summed E-state index contributed by atoms with van der Waals surface area (Å²) in [5.41, 5.74) is 5.31. The summed E-state index contributed by atoms with van der Waals surface area (Å²) in [6.45, 7) is 1.82. The minimum atomic E-state index is -3.53. The van der Waals surface area contributed by atoms with Crippen LogP contribution in [0.25, 0.3) is 0 Å². The molecule has 5 N–H and O–H groups in total. The van der Waals surface area contributed by atoms with Crippen molar-refractivity contribution in [3.8, 4) is 0 Å².